The fourth-order valence-corrected chi connectivity index (χ4v) is 4.66. The van der Waals surface area contributed by atoms with Crippen LogP contribution >= 0.6 is 0 Å². The standard InChI is InChI=1S/C17H25N3O3S/c1-24(22,23)20-13-5-6-16(20)17(21)18-14-7-9-15(10-8-14)19-11-3-2-4-12-19/h7-10,16H,2-6,11-13H2,1H3,(H,18,21). The van der Waals surface area contributed by atoms with Crippen LogP contribution in [-0.2, 0) is 14.8 Å². The van der Waals surface area contributed by atoms with Crippen LogP contribution in [0.3, 0.4) is 0 Å². The second kappa shape index (κ2) is 7.11. The molecule has 2 fully saturated rings. The molecule has 2 saturated heterocycles. The highest BCUT2D eigenvalue weighted by atomic mass is 32.2. The van der Waals surface area contributed by atoms with Crippen molar-refractivity contribution in [2.24, 2.45) is 0 Å². The van der Waals surface area contributed by atoms with Gasteiger partial charge in [0.2, 0.25) is 15.9 Å². The third-order valence-corrected chi connectivity index (χ3v) is 6.08. The number of hydrogen-bond acceptors (Lipinski definition) is 4. The van der Waals surface area contributed by atoms with Gasteiger partial charge >= 0.3 is 0 Å². The summed E-state index contributed by atoms with van der Waals surface area (Å²) in [5.74, 6) is -0.247. The van der Waals surface area contributed by atoms with Crippen LogP contribution in [0.1, 0.15) is 32.1 Å². The van der Waals surface area contributed by atoms with E-state index in [0.29, 0.717) is 18.7 Å². The predicted octanol–water partition coefficient (Wildman–Crippen LogP) is 2.04. The molecule has 0 radical (unpaired) electrons. The summed E-state index contributed by atoms with van der Waals surface area (Å²) >= 11 is 0. The molecule has 1 amide bonds. The first-order valence-corrected chi connectivity index (χ1v) is 10.4. The van der Waals surface area contributed by atoms with Crippen molar-refractivity contribution in [3.63, 3.8) is 0 Å². The number of piperidine rings is 1. The normalized spacial score (nSPS) is 22.5. The Morgan fingerprint density at radius 2 is 1.71 bits per heavy atom. The minimum atomic E-state index is -3.34. The van der Waals surface area contributed by atoms with Crippen molar-refractivity contribution < 1.29 is 13.2 Å². The zero-order valence-corrected chi connectivity index (χ0v) is 14.9. The molecule has 7 heteroatoms. The largest absolute Gasteiger partial charge is 0.372 e. The molecule has 132 valence electrons. The Morgan fingerprint density at radius 1 is 1.04 bits per heavy atom. The van der Waals surface area contributed by atoms with E-state index in [9.17, 15) is 13.2 Å². The van der Waals surface area contributed by atoms with E-state index in [1.54, 1.807) is 0 Å². The number of carbonyl (C=O) groups is 1. The SMILES string of the molecule is CS(=O)(=O)N1CCCC1C(=O)Nc1ccc(N2CCCCC2)cc1. The Morgan fingerprint density at radius 3 is 2.33 bits per heavy atom. The average molecular weight is 351 g/mol. The number of nitrogens with one attached hydrogen (secondary N) is 1. The van der Waals surface area contributed by atoms with Crippen molar-refractivity contribution in [3.8, 4) is 0 Å². The summed E-state index contributed by atoms with van der Waals surface area (Å²) in [7, 11) is -3.34. The van der Waals surface area contributed by atoms with Crippen LogP contribution < -0.4 is 10.2 Å². The van der Waals surface area contributed by atoms with E-state index in [1.165, 1.54) is 29.3 Å². The Labute approximate surface area is 143 Å². The molecule has 6 nitrogen and oxygen atoms in total. The Balaban J connectivity index is 1.64. The van der Waals surface area contributed by atoms with Crippen LogP contribution in [-0.4, -0.2) is 50.6 Å². The number of nitrogens with zero attached hydrogens (tertiary/aromatic N) is 2. The van der Waals surface area contributed by atoms with Crippen molar-refractivity contribution in [1.29, 1.82) is 0 Å². The Hall–Kier alpha value is -1.60. The lowest BCUT2D eigenvalue weighted by Crippen LogP contribution is -2.42. The number of sulfonamides is 1. The van der Waals surface area contributed by atoms with Crippen LogP contribution in [0.25, 0.3) is 0 Å². The molecule has 0 aliphatic carbocycles. The first-order valence-electron chi connectivity index (χ1n) is 8.58. The lowest BCUT2D eigenvalue weighted by atomic mass is 10.1. The highest BCUT2D eigenvalue weighted by molar-refractivity contribution is 7.88. The smallest absolute Gasteiger partial charge is 0.242 e. The van der Waals surface area contributed by atoms with Gasteiger partial charge in [-0.25, -0.2) is 8.42 Å². The maximum atomic E-state index is 12.4. The molecule has 3 rings (SSSR count). The predicted molar refractivity (Wildman–Crippen MR) is 95.7 cm³/mol. The van der Waals surface area contributed by atoms with Gasteiger partial charge in [-0.2, -0.15) is 4.31 Å². The minimum Gasteiger partial charge on any atom is -0.372 e. The van der Waals surface area contributed by atoms with Gasteiger partial charge in [0.15, 0.2) is 0 Å². The molecule has 1 unspecified atom stereocenters. The van der Waals surface area contributed by atoms with Gasteiger partial charge in [0.1, 0.15) is 6.04 Å². The molecule has 1 atom stereocenters. The number of anilines is 2. The Bertz CT molecular complexity index is 682. The molecule has 2 heterocycles. The summed E-state index contributed by atoms with van der Waals surface area (Å²) in [4.78, 5) is 14.8. The number of amides is 1. The van der Waals surface area contributed by atoms with E-state index >= 15 is 0 Å². The van der Waals surface area contributed by atoms with E-state index in [0.717, 1.165) is 25.8 Å². The number of hydrogen-bond donors (Lipinski definition) is 1. The van der Waals surface area contributed by atoms with E-state index in [-0.39, 0.29) is 5.91 Å². The van der Waals surface area contributed by atoms with Gasteiger partial charge in [0, 0.05) is 31.0 Å². The van der Waals surface area contributed by atoms with Crippen LogP contribution in [0.4, 0.5) is 11.4 Å². The topological polar surface area (TPSA) is 69.7 Å². The van der Waals surface area contributed by atoms with E-state index in [1.807, 2.05) is 24.3 Å². The average Bonchev–Trinajstić information content (AvgIpc) is 3.06. The van der Waals surface area contributed by atoms with Gasteiger partial charge < -0.3 is 10.2 Å². The Kier molecular flexibility index (Phi) is 5.10. The van der Waals surface area contributed by atoms with Crippen LogP contribution in [0.2, 0.25) is 0 Å². The van der Waals surface area contributed by atoms with E-state index in [4.69, 9.17) is 0 Å². The molecular formula is C17H25N3O3S. The quantitative estimate of drug-likeness (QED) is 0.901. The number of carbonyl (C=O) groups excluding carboxylic acids is 1. The summed E-state index contributed by atoms with van der Waals surface area (Å²) < 4.78 is 24.8. The molecule has 0 bridgehead atoms. The van der Waals surface area contributed by atoms with E-state index < -0.39 is 16.1 Å². The van der Waals surface area contributed by atoms with Crippen LogP contribution in [0.15, 0.2) is 24.3 Å². The molecule has 1 aromatic rings. The van der Waals surface area contributed by atoms with Crippen LogP contribution in [0.5, 0.6) is 0 Å². The second-order valence-corrected chi connectivity index (χ2v) is 8.55. The van der Waals surface area contributed by atoms with Gasteiger partial charge in [0.25, 0.3) is 0 Å². The lowest BCUT2D eigenvalue weighted by Gasteiger charge is -2.29. The molecule has 1 aromatic carbocycles. The maximum Gasteiger partial charge on any atom is 0.242 e. The van der Waals surface area contributed by atoms with Gasteiger partial charge in [-0.15, -0.1) is 0 Å². The molecule has 0 saturated carbocycles. The summed E-state index contributed by atoms with van der Waals surface area (Å²) in [5.41, 5.74) is 1.88. The van der Waals surface area contributed by atoms with Crippen molar-refractivity contribution >= 4 is 27.3 Å². The second-order valence-electron chi connectivity index (χ2n) is 6.62. The first kappa shape index (κ1) is 17.2. The van der Waals surface area contributed by atoms with Gasteiger partial charge in [-0.3, -0.25) is 4.79 Å². The molecular weight excluding hydrogens is 326 g/mol. The summed E-state index contributed by atoms with van der Waals surface area (Å²) in [6, 6.07) is 7.22. The van der Waals surface area contributed by atoms with Crippen molar-refractivity contribution in [2.45, 2.75) is 38.1 Å². The molecule has 0 spiro atoms. The van der Waals surface area contributed by atoms with Gasteiger partial charge in [-0.05, 0) is 56.4 Å². The monoisotopic (exact) mass is 351 g/mol. The summed E-state index contributed by atoms with van der Waals surface area (Å²) in [6.45, 7) is 2.58. The van der Waals surface area contributed by atoms with E-state index in [2.05, 4.69) is 10.2 Å². The third kappa shape index (κ3) is 3.89. The molecule has 0 aromatic heterocycles. The highest BCUT2D eigenvalue weighted by Crippen LogP contribution is 2.24. The highest BCUT2D eigenvalue weighted by Gasteiger charge is 2.36. The first-order chi connectivity index (χ1) is 11.4. The van der Waals surface area contributed by atoms with Crippen molar-refractivity contribution in [3.05, 3.63) is 24.3 Å². The van der Waals surface area contributed by atoms with Gasteiger partial charge in [0.05, 0.1) is 6.26 Å². The third-order valence-electron chi connectivity index (χ3n) is 4.79. The number of benzene rings is 1. The molecule has 24 heavy (non-hydrogen) atoms. The van der Waals surface area contributed by atoms with Crippen molar-refractivity contribution in [2.75, 3.05) is 36.1 Å². The number of rotatable bonds is 4. The summed E-state index contributed by atoms with van der Waals surface area (Å²) in [5, 5.41) is 2.85. The zero-order chi connectivity index (χ0) is 17.2. The van der Waals surface area contributed by atoms with Gasteiger partial charge in [-0.1, -0.05) is 0 Å². The molecule has 2 aliphatic rings. The van der Waals surface area contributed by atoms with Crippen molar-refractivity contribution in [1.82, 2.24) is 4.31 Å². The lowest BCUT2D eigenvalue weighted by molar-refractivity contribution is -0.119. The van der Waals surface area contributed by atoms with Crippen LogP contribution in [0, 0.1) is 0 Å². The molecule has 1 N–H and O–H groups in total. The zero-order valence-electron chi connectivity index (χ0n) is 14.1. The minimum absolute atomic E-state index is 0.247. The fourth-order valence-electron chi connectivity index (χ4n) is 3.53. The molecule has 2 aliphatic heterocycles. The summed E-state index contributed by atoms with van der Waals surface area (Å²) in [6.07, 6.45) is 6.20. The fraction of sp³-hybridized carbons (Fsp3) is 0.588. The maximum absolute atomic E-state index is 12.4.